The summed E-state index contributed by atoms with van der Waals surface area (Å²) in [6.45, 7) is 3.99. The van der Waals surface area contributed by atoms with Crippen LogP contribution in [0.25, 0.3) is 0 Å². The maximum Gasteiger partial charge on any atom is 0.252 e. The highest BCUT2D eigenvalue weighted by molar-refractivity contribution is 7.15. The fourth-order valence-corrected chi connectivity index (χ4v) is 7.61. The molecule has 0 spiro atoms. The molecule has 8 nitrogen and oxygen atoms in total. The van der Waals surface area contributed by atoms with Crippen LogP contribution in [0.3, 0.4) is 0 Å². The van der Waals surface area contributed by atoms with Crippen molar-refractivity contribution < 1.29 is 24.5 Å². The number of aliphatic hydroxyl groups is 2. The van der Waals surface area contributed by atoms with Crippen molar-refractivity contribution in [3.05, 3.63) is 10.6 Å². The Morgan fingerprint density at radius 3 is 2.61 bits per heavy atom. The smallest absolute Gasteiger partial charge is 0.252 e. The monoisotopic (exact) mass is 479 g/mol. The summed E-state index contributed by atoms with van der Waals surface area (Å²) >= 11 is 1.43. The quantitative estimate of drug-likeness (QED) is 0.477. The van der Waals surface area contributed by atoms with Gasteiger partial charge in [0, 0.05) is 35.8 Å². The number of amides is 2. The van der Waals surface area contributed by atoms with Crippen molar-refractivity contribution in [1.82, 2.24) is 10.3 Å². The van der Waals surface area contributed by atoms with Gasteiger partial charge in [0.2, 0.25) is 5.91 Å². The lowest BCUT2D eigenvalue weighted by atomic mass is 9.47. The molecule has 33 heavy (non-hydrogen) atoms. The summed E-state index contributed by atoms with van der Waals surface area (Å²) in [7, 11) is 1.47. The molecule has 3 aliphatic carbocycles. The summed E-state index contributed by atoms with van der Waals surface area (Å²) in [6.07, 6.45) is 6.11. The molecule has 4 rings (SSSR count). The number of nitrogens with zero attached hydrogens (tertiary/aromatic N) is 1. The van der Waals surface area contributed by atoms with Crippen molar-refractivity contribution in [3.63, 3.8) is 0 Å². The fraction of sp³-hybridized carbons (Fsp3) is 0.792. The molecule has 0 aromatic carbocycles. The van der Waals surface area contributed by atoms with Crippen molar-refractivity contribution in [2.45, 2.75) is 83.3 Å². The zero-order valence-electron chi connectivity index (χ0n) is 19.9. The molecule has 9 heteroatoms. The van der Waals surface area contributed by atoms with E-state index in [4.69, 9.17) is 9.72 Å². The molecule has 0 saturated heterocycles. The molecule has 5 atom stereocenters. The highest BCUT2D eigenvalue weighted by Crippen LogP contribution is 2.62. The number of thiazole rings is 1. The van der Waals surface area contributed by atoms with Crippen LogP contribution in [0.15, 0.2) is 0 Å². The van der Waals surface area contributed by atoms with Crippen LogP contribution in [-0.4, -0.2) is 59.5 Å². The van der Waals surface area contributed by atoms with Crippen LogP contribution in [0.4, 0.5) is 5.13 Å². The van der Waals surface area contributed by atoms with Crippen LogP contribution < -0.4 is 10.6 Å². The third kappa shape index (κ3) is 4.57. The van der Waals surface area contributed by atoms with E-state index < -0.39 is 11.5 Å². The fourth-order valence-electron chi connectivity index (χ4n) is 6.53. The maximum atomic E-state index is 13.1. The van der Waals surface area contributed by atoms with Crippen LogP contribution >= 0.6 is 11.3 Å². The zero-order chi connectivity index (χ0) is 23.8. The third-order valence-electron chi connectivity index (χ3n) is 8.53. The minimum atomic E-state index is -0.658. The minimum absolute atomic E-state index is 0.00138. The Morgan fingerprint density at radius 2 is 1.94 bits per heavy atom. The molecule has 184 valence electrons. The van der Waals surface area contributed by atoms with Gasteiger partial charge in [-0.25, -0.2) is 4.98 Å². The first-order chi connectivity index (χ1) is 15.7. The molecule has 1 aromatic rings. The molecular weight excluding hydrogens is 442 g/mol. The van der Waals surface area contributed by atoms with E-state index in [1.54, 1.807) is 0 Å². The second-order valence-electron chi connectivity index (χ2n) is 10.6. The molecular formula is C24H37N3O5S. The van der Waals surface area contributed by atoms with Gasteiger partial charge >= 0.3 is 0 Å². The van der Waals surface area contributed by atoms with Gasteiger partial charge < -0.3 is 20.3 Å². The van der Waals surface area contributed by atoms with Gasteiger partial charge in [-0.05, 0) is 43.4 Å². The van der Waals surface area contributed by atoms with Gasteiger partial charge in [0.15, 0.2) is 5.13 Å². The first-order valence-electron chi connectivity index (χ1n) is 12.1. The van der Waals surface area contributed by atoms with Gasteiger partial charge in [0.05, 0.1) is 18.4 Å². The number of aromatic nitrogens is 1. The molecule has 2 saturated carbocycles. The topological polar surface area (TPSA) is 121 Å². The Morgan fingerprint density at radius 1 is 1.21 bits per heavy atom. The van der Waals surface area contributed by atoms with Crippen molar-refractivity contribution in [3.8, 4) is 0 Å². The largest absolute Gasteiger partial charge is 0.396 e. The average molecular weight is 480 g/mol. The van der Waals surface area contributed by atoms with Gasteiger partial charge in [-0.15, -0.1) is 11.3 Å². The number of nitrogens with one attached hydrogen (secondary N) is 2. The van der Waals surface area contributed by atoms with Crippen molar-refractivity contribution in [1.29, 1.82) is 0 Å². The highest BCUT2D eigenvalue weighted by Gasteiger charge is 2.59. The average Bonchev–Trinajstić information content (AvgIpc) is 3.42. The van der Waals surface area contributed by atoms with Gasteiger partial charge in [-0.3, -0.25) is 14.9 Å². The lowest BCUT2D eigenvalue weighted by Gasteiger charge is -2.58. The molecule has 2 amide bonds. The van der Waals surface area contributed by atoms with Crippen LogP contribution in [0, 0.1) is 16.7 Å². The highest BCUT2D eigenvalue weighted by atomic mass is 32.1. The molecule has 0 bridgehead atoms. The lowest BCUT2D eigenvalue weighted by molar-refractivity contribution is -0.144. The Labute approximate surface area is 199 Å². The predicted molar refractivity (Wildman–Crippen MR) is 126 cm³/mol. The van der Waals surface area contributed by atoms with E-state index in [0.29, 0.717) is 24.4 Å². The summed E-state index contributed by atoms with van der Waals surface area (Å²) < 4.78 is 4.92. The van der Waals surface area contributed by atoms with Crippen LogP contribution in [0.2, 0.25) is 0 Å². The van der Waals surface area contributed by atoms with E-state index in [1.165, 1.54) is 18.4 Å². The second kappa shape index (κ2) is 9.60. The van der Waals surface area contributed by atoms with E-state index in [1.807, 2.05) is 6.92 Å². The number of anilines is 1. The Kier molecular flexibility index (Phi) is 7.15. The molecule has 3 aliphatic rings. The summed E-state index contributed by atoms with van der Waals surface area (Å²) in [5, 5.41) is 27.7. The van der Waals surface area contributed by atoms with E-state index in [9.17, 15) is 19.8 Å². The molecule has 1 heterocycles. The Bertz CT molecular complexity index is 885. The van der Waals surface area contributed by atoms with Gasteiger partial charge in [0.25, 0.3) is 5.91 Å². The van der Waals surface area contributed by atoms with Crippen LogP contribution in [-0.2, 0) is 20.7 Å². The molecule has 2 fully saturated rings. The van der Waals surface area contributed by atoms with Gasteiger partial charge in [-0.2, -0.15) is 0 Å². The lowest BCUT2D eigenvalue weighted by Crippen LogP contribution is -2.57. The summed E-state index contributed by atoms with van der Waals surface area (Å²) in [6, 6.07) is 0.249. The Hall–Kier alpha value is -1.55. The van der Waals surface area contributed by atoms with Crippen LogP contribution in [0.5, 0.6) is 0 Å². The predicted octanol–water partition coefficient (Wildman–Crippen LogP) is 2.59. The number of aliphatic hydroxyl groups excluding tert-OH is 2. The molecule has 0 radical (unpaired) electrons. The number of hydrogen-bond donors (Lipinski definition) is 4. The number of methoxy groups -OCH3 is 1. The first-order valence-corrected chi connectivity index (χ1v) is 12.9. The van der Waals surface area contributed by atoms with Gasteiger partial charge in [-0.1, -0.05) is 26.7 Å². The van der Waals surface area contributed by atoms with E-state index >= 15 is 0 Å². The second-order valence-corrected chi connectivity index (χ2v) is 11.7. The maximum absolute atomic E-state index is 13.1. The SMILES string of the molecule is COCC(=O)Nc1nc2c(s1)CC1C(C)(CO)C(O)CCC1(C)C2CC(=O)NC1CCCC1. The summed E-state index contributed by atoms with van der Waals surface area (Å²) in [5.74, 6) is -0.373. The number of hydrogen-bond acceptors (Lipinski definition) is 7. The standard InChI is InChI=1S/C24H37N3O5S/c1-23-9-8-18(29)24(2,13-28)17(23)11-16-21(27-22(33-16)26-20(31)12-32-3)15(23)10-19(30)25-14-6-4-5-7-14/h14-15,17-18,28-29H,4-13H2,1-3H3,(H,25,30)(H,26,27,31). The number of ether oxygens (including phenoxy) is 1. The van der Waals surface area contributed by atoms with Crippen molar-refractivity contribution >= 4 is 28.3 Å². The van der Waals surface area contributed by atoms with E-state index in [0.717, 1.165) is 42.7 Å². The normalized spacial score (nSPS) is 33.9. The summed E-state index contributed by atoms with van der Waals surface area (Å²) in [5.41, 5.74) is -0.0721. The summed E-state index contributed by atoms with van der Waals surface area (Å²) in [4.78, 5) is 31.0. The van der Waals surface area contributed by atoms with Crippen molar-refractivity contribution in [2.24, 2.45) is 16.7 Å². The Balaban J connectivity index is 1.67. The zero-order valence-corrected chi connectivity index (χ0v) is 20.7. The molecule has 4 N–H and O–H groups in total. The van der Waals surface area contributed by atoms with Gasteiger partial charge in [0.1, 0.15) is 6.61 Å². The van der Waals surface area contributed by atoms with E-state index in [-0.39, 0.29) is 48.3 Å². The molecule has 1 aromatic heterocycles. The number of fused-ring (bicyclic) bond motifs is 2. The van der Waals surface area contributed by atoms with Crippen molar-refractivity contribution in [2.75, 3.05) is 25.6 Å². The first kappa shape index (κ1) is 24.6. The number of carbonyl (C=O) groups excluding carboxylic acids is 2. The number of rotatable bonds is 7. The number of carbonyl (C=O) groups is 2. The van der Waals surface area contributed by atoms with Crippen LogP contribution in [0.1, 0.15) is 75.3 Å². The molecule has 5 unspecified atom stereocenters. The minimum Gasteiger partial charge on any atom is -0.396 e. The molecule has 0 aliphatic heterocycles. The third-order valence-corrected chi connectivity index (χ3v) is 9.53. The van der Waals surface area contributed by atoms with E-state index in [2.05, 4.69) is 17.6 Å².